The van der Waals surface area contributed by atoms with Gasteiger partial charge >= 0.3 is 6.18 Å². The maximum Gasteiger partial charge on any atom is 0.416 e. The second-order valence-corrected chi connectivity index (χ2v) is 13.4. The van der Waals surface area contributed by atoms with Crippen LogP contribution in [0.25, 0.3) is 22.3 Å². The van der Waals surface area contributed by atoms with E-state index in [1.165, 1.54) is 25.1 Å². The zero-order valence-corrected chi connectivity index (χ0v) is 30.5. The third-order valence-electron chi connectivity index (χ3n) is 9.17. The highest BCUT2D eigenvalue weighted by Crippen LogP contribution is 2.39. The van der Waals surface area contributed by atoms with Crippen LogP contribution >= 0.6 is 0 Å². The van der Waals surface area contributed by atoms with Crippen LogP contribution in [0.2, 0.25) is 0 Å². The molecule has 8 nitrogen and oxygen atoms in total. The Morgan fingerprint density at radius 2 is 1.04 bits per heavy atom. The lowest BCUT2D eigenvalue weighted by Crippen LogP contribution is -2.15. The number of nitrogens with zero attached hydrogens (tertiary/aromatic N) is 4. The molecule has 0 bridgehead atoms. The highest BCUT2D eigenvalue weighted by Gasteiger charge is 2.34. The van der Waals surface area contributed by atoms with E-state index in [0.29, 0.717) is 28.4 Å². The number of amides is 2. The number of nitrogens with one attached hydrogen (secondary N) is 2. The van der Waals surface area contributed by atoms with Gasteiger partial charge in [0.15, 0.2) is 0 Å². The molecular formula is C44H34F4N6O2. The maximum atomic E-state index is 13.4. The average Bonchev–Trinajstić information content (AvgIpc) is 3.43. The number of fused-ring (bicyclic) bond motifs is 2. The van der Waals surface area contributed by atoms with Crippen molar-refractivity contribution in [3.63, 3.8) is 0 Å². The third kappa shape index (κ3) is 8.60. The molecule has 280 valence electrons. The average molecular weight is 755 g/mol. The maximum absolute atomic E-state index is 13.4. The van der Waals surface area contributed by atoms with Crippen LogP contribution < -0.4 is 10.6 Å². The van der Waals surface area contributed by atoms with E-state index in [-0.39, 0.29) is 41.6 Å². The summed E-state index contributed by atoms with van der Waals surface area (Å²) < 4.78 is 53.5. The number of aryl methyl sites for hydroxylation is 3. The molecule has 4 heterocycles. The number of carbonyl (C=O) groups excluding carboxylic acids is 2. The van der Waals surface area contributed by atoms with Gasteiger partial charge in [0.1, 0.15) is 5.82 Å². The van der Waals surface area contributed by atoms with Gasteiger partial charge in [-0.1, -0.05) is 36.4 Å². The summed E-state index contributed by atoms with van der Waals surface area (Å²) in [5, 5.41) is 5.38. The number of aliphatic imine (C=N–C) groups is 2. The van der Waals surface area contributed by atoms with Crippen LogP contribution in [0.4, 0.5) is 40.3 Å². The summed E-state index contributed by atoms with van der Waals surface area (Å²) >= 11 is 0. The van der Waals surface area contributed by atoms with Crippen molar-refractivity contribution in [3.05, 3.63) is 155 Å². The fraction of sp³-hybridized carbons (Fsp3) is 0.136. The van der Waals surface area contributed by atoms with Crippen molar-refractivity contribution >= 4 is 46.0 Å². The van der Waals surface area contributed by atoms with Crippen LogP contribution in [0.3, 0.4) is 0 Å². The van der Waals surface area contributed by atoms with Gasteiger partial charge in [0.05, 0.1) is 52.6 Å². The van der Waals surface area contributed by atoms with Gasteiger partial charge in [0.2, 0.25) is 11.8 Å². The Hall–Kier alpha value is -6.82. The van der Waals surface area contributed by atoms with Gasteiger partial charge < -0.3 is 10.6 Å². The van der Waals surface area contributed by atoms with Gasteiger partial charge in [0, 0.05) is 23.8 Å². The molecule has 56 heavy (non-hydrogen) atoms. The second kappa shape index (κ2) is 15.5. The number of aromatic nitrogens is 2. The molecule has 0 aliphatic carbocycles. The quantitative estimate of drug-likeness (QED) is 0.175. The molecule has 0 fully saturated rings. The van der Waals surface area contributed by atoms with E-state index < -0.39 is 17.6 Å². The smallest absolute Gasteiger partial charge is 0.324 e. The van der Waals surface area contributed by atoms with Crippen molar-refractivity contribution < 1.29 is 27.2 Å². The van der Waals surface area contributed by atoms with Crippen LogP contribution in [0, 0.1) is 26.6 Å². The summed E-state index contributed by atoms with van der Waals surface area (Å²) in [6.07, 6.45) is -0.906. The number of pyridine rings is 2. The SMILES string of the molecule is Cc1cc(-c2cccc(C3=Nc4cc(C(F)(F)F)c(C)cc4NC(=O)C3)c2)ccn1.Cc1cc(-c2cccc(C3=Nc4ccc(F)cc4NC(=O)C3)c2)ccn1. The van der Waals surface area contributed by atoms with E-state index in [0.717, 1.165) is 45.3 Å². The molecular weight excluding hydrogens is 721 g/mol. The highest BCUT2D eigenvalue weighted by molar-refractivity contribution is 6.18. The molecule has 0 radical (unpaired) electrons. The van der Waals surface area contributed by atoms with E-state index in [4.69, 9.17) is 0 Å². The number of rotatable bonds is 4. The summed E-state index contributed by atoms with van der Waals surface area (Å²) in [7, 11) is 0. The van der Waals surface area contributed by atoms with Crippen molar-refractivity contribution in [2.75, 3.05) is 10.6 Å². The molecule has 8 rings (SSSR count). The molecule has 0 atom stereocenters. The number of alkyl halides is 3. The topological polar surface area (TPSA) is 109 Å². The van der Waals surface area contributed by atoms with Crippen LogP contribution in [0.1, 0.15) is 46.5 Å². The van der Waals surface area contributed by atoms with Crippen molar-refractivity contribution in [2.45, 2.75) is 39.8 Å². The predicted molar refractivity (Wildman–Crippen MR) is 210 cm³/mol. The van der Waals surface area contributed by atoms with Gasteiger partial charge in [-0.3, -0.25) is 29.5 Å². The van der Waals surface area contributed by atoms with Crippen molar-refractivity contribution in [1.29, 1.82) is 0 Å². The molecule has 2 aliphatic heterocycles. The molecule has 0 unspecified atom stereocenters. The van der Waals surface area contributed by atoms with E-state index in [1.54, 1.807) is 24.5 Å². The molecule has 2 aromatic heterocycles. The molecule has 6 aromatic rings. The summed E-state index contributed by atoms with van der Waals surface area (Å²) in [5.41, 5.74) is 8.97. The fourth-order valence-electron chi connectivity index (χ4n) is 6.50. The summed E-state index contributed by atoms with van der Waals surface area (Å²) in [5.74, 6) is -0.937. The predicted octanol–water partition coefficient (Wildman–Crippen LogP) is 10.5. The number of carbonyl (C=O) groups is 2. The Morgan fingerprint density at radius 3 is 1.55 bits per heavy atom. The first-order valence-electron chi connectivity index (χ1n) is 17.6. The van der Waals surface area contributed by atoms with Gasteiger partial charge in [-0.25, -0.2) is 4.39 Å². The normalized spacial score (nSPS) is 13.7. The van der Waals surface area contributed by atoms with Gasteiger partial charge in [-0.05, 0) is 126 Å². The molecule has 0 saturated carbocycles. The number of hydrogen-bond acceptors (Lipinski definition) is 6. The van der Waals surface area contributed by atoms with Crippen molar-refractivity contribution in [3.8, 4) is 22.3 Å². The minimum Gasteiger partial charge on any atom is -0.324 e. The van der Waals surface area contributed by atoms with E-state index >= 15 is 0 Å². The zero-order chi connectivity index (χ0) is 39.6. The highest BCUT2D eigenvalue weighted by atomic mass is 19.4. The lowest BCUT2D eigenvalue weighted by molar-refractivity contribution is -0.138. The van der Waals surface area contributed by atoms with Gasteiger partial charge in [-0.15, -0.1) is 0 Å². The standard InChI is InChI=1S/C23H18F3N3O.C21H16FN3O/c1-13-8-20-21(11-18(13)23(24,25)26)28-19(12-22(30)29-20)17-5-3-4-15(10-17)16-6-7-27-14(2)9-16;1-13-9-15(7-8-23-13)14-3-2-4-16(10-14)19-12-21(26)25-20-11-17(22)5-6-18(20)24-19/h3-11H,12H2,1-2H3,(H,29,30);2-11H,12H2,1H3,(H,25,26). The molecule has 4 aromatic carbocycles. The number of hydrogen-bond donors (Lipinski definition) is 2. The lowest BCUT2D eigenvalue weighted by Gasteiger charge is -2.13. The molecule has 0 saturated heterocycles. The monoisotopic (exact) mass is 754 g/mol. The largest absolute Gasteiger partial charge is 0.416 e. The summed E-state index contributed by atoms with van der Waals surface area (Å²) in [6.45, 7) is 5.21. The first-order valence-corrected chi connectivity index (χ1v) is 17.6. The molecule has 2 amide bonds. The number of anilines is 2. The first-order chi connectivity index (χ1) is 26.8. The molecule has 2 aliphatic rings. The van der Waals surface area contributed by atoms with E-state index in [2.05, 4.69) is 30.6 Å². The molecule has 2 N–H and O–H groups in total. The Balaban J connectivity index is 0.000000173. The van der Waals surface area contributed by atoms with Crippen molar-refractivity contribution in [1.82, 2.24) is 9.97 Å². The Morgan fingerprint density at radius 1 is 0.554 bits per heavy atom. The zero-order valence-electron chi connectivity index (χ0n) is 30.5. The van der Waals surface area contributed by atoms with Crippen LogP contribution in [-0.4, -0.2) is 33.2 Å². The van der Waals surface area contributed by atoms with Gasteiger partial charge in [0.25, 0.3) is 0 Å². The second-order valence-electron chi connectivity index (χ2n) is 13.4. The van der Waals surface area contributed by atoms with Crippen LogP contribution in [0.5, 0.6) is 0 Å². The van der Waals surface area contributed by atoms with Crippen LogP contribution in [0.15, 0.2) is 126 Å². The minimum absolute atomic E-state index is 0.0338. The lowest BCUT2D eigenvalue weighted by atomic mass is 10.00. The minimum atomic E-state index is -4.50. The van der Waals surface area contributed by atoms with Gasteiger partial charge in [-0.2, -0.15) is 13.2 Å². The number of halogens is 4. The van der Waals surface area contributed by atoms with Crippen molar-refractivity contribution in [2.24, 2.45) is 9.98 Å². The molecule has 12 heteroatoms. The summed E-state index contributed by atoms with van der Waals surface area (Å²) in [4.78, 5) is 42.1. The summed E-state index contributed by atoms with van der Waals surface area (Å²) in [6, 6.07) is 29.6. The van der Waals surface area contributed by atoms with E-state index in [1.807, 2.05) is 80.6 Å². The number of benzene rings is 4. The Bertz CT molecular complexity index is 2580. The van der Waals surface area contributed by atoms with Crippen LogP contribution in [-0.2, 0) is 15.8 Å². The van der Waals surface area contributed by atoms with E-state index in [9.17, 15) is 27.2 Å². The Kier molecular flexibility index (Phi) is 10.4. The first kappa shape index (κ1) is 37.5. The molecule has 0 spiro atoms. The fourth-order valence-corrected chi connectivity index (χ4v) is 6.50. The Labute approximate surface area is 320 Å². The third-order valence-corrected chi connectivity index (χ3v) is 9.17.